The molecule has 0 aliphatic rings. The highest BCUT2D eigenvalue weighted by Crippen LogP contribution is 2.27. The number of carbonyl (C=O) groups is 1. The zero-order valence-electron chi connectivity index (χ0n) is 15.3. The van der Waals surface area contributed by atoms with Gasteiger partial charge in [0.05, 0.1) is 32.9 Å². The Morgan fingerprint density at radius 3 is 2.77 bits per heavy atom. The fourth-order valence-corrected chi connectivity index (χ4v) is 4.62. The van der Waals surface area contributed by atoms with Crippen LogP contribution in [0.15, 0.2) is 69.9 Å². The second-order valence-electron chi connectivity index (χ2n) is 6.12. The molecule has 9 heteroatoms. The maximum atomic E-state index is 13.2. The zero-order chi connectivity index (χ0) is 21.1. The molecule has 0 unspecified atom stereocenters. The fraction of sp³-hybridized carbons (Fsp3) is 0.0476. The van der Waals surface area contributed by atoms with Crippen molar-refractivity contribution in [2.45, 2.75) is 5.16 Å². The number of halogens is 1. The van der Waals surface area contributed by atoms with Crippen molar-refractivity contribution in [2.24, 2.45) is 0 Å². The van der Waals surface area contributed by atoms with Crippen LogP contribution in [0.3, 0.4) is 0 Å². The third-order valence-corrected chi connectivity index (χ3v) is 6.30. The molecule has 1 N–H and O–H groups in total. The lowest BCUT2D eigenvalue weighted by Gasteiger charge is -2.14. The van der Waals surface area contributed by atoms with Crippen LogP contribution in [0.4, 0.5) is 5.00 Å². The molecule has 4 aromatic rings. The molecule has 0 aliphatic carbocycles. The predicted octanol–water partition coefficient (Wildman–Crippen LogP) is 4.70. The Kier molecular flexibility index (Phi) is 5.86. The second kappa shape index (κ2) is 8.71. The third-order valence-electron chi connectivity index (χ3n) is 4.21. The minimum atomic E-state index is -0.299. The lowest BCUT2D eigenvalue weighted by molar-refractivity contribution is -0.113. The van der Waals surface area contributed by atoms with Gasteiger partial charge < -0.3 is 5.32 Å². The van der Waals surface area contributed by atoms with Gasteiger partial charge in [-0.2, -0.15) is 5.26 Å². The standard InChI is InChI=1S/C21H13ClN4O2S2/c22-15-6-2-4-8-17(15)26-20(28)14-5-1-3-7-16(14)24-21(26)30-12-18(27)25-19-13(11-23)9-10-29-19/h1-10H,12H2,(H,25,27). The van der Waals surface area contributed by atoms with Gasteiger partial charge in [-0.25, -0.2) is 4.98 Å². The number of benzene rings is 2. The number of rotatable bonds is 5. The first kappa shape index (κ1) is 20.2. The number of carbonyl (C=O) groups excluding carboxylic acids is 1. The van der Waals surface area contributed by atoms with Crippen LogP contribution in [0, 0.1) is 11.3 Å². The molecular formula is C21H13ClN4O2S2. The number of hydrogen-bond donors (Lipinski definition) is 1. The number of nitrogens with zero attached hydrogens (tertiary/aromatic N) is 3. The predicted molar refractivity (Wildman–Crippen MR) is 121 cm³/mol. The van der Waals surface area contributed by atoms with E-state index in [1.165, 1.54) is 15.9 Å². The van der Waals surface area contributed by atoms with Gasteiger partial charge in [0.2, 0.25) is 5.91 Å². The number of nitrogens with one attached hydrogen (secondary N) is 1. The summed E-state index contributed by atoms with van der Waals surface area (Å²) in [5, 5.41) is 15.3. The summed E-state index contributed by atoms with van der Waals surface area (Å²) in [7, 11) is 0. The summed E-state index contributed by atoms with van der Waals surface area (Å²) in [5.74, 6) is -0.287. The number of nitriles is 1. The smallest absolute Gasteiger partial charge is 0.266 e. The Hall–Kier alpha value is -3.12. The SMILES string of the molecule is N#Cc1ccsc1NC(=O)CSc1nc2ccccc2c(=O)n1-c1ccccc1Cl. The first-order valence-electron chi connectivity index (χ1n) is 8.75. The second-order valence-corrected chi connectivity index (χ2v) is 8.38. The molecular weight excluding hydrogens is 440 g/mol. The van der Waals surface area contributed by atoms with Gasteiger partial charge in [-0.05, 0) is 35.7 Å². The number of amides is 1. The Bertz CT molecular complexity index is 1360. The minimum absolute atomic E-state index is 0.0119. The van der Waals surface area contributed by atoms with E-state index in [0.717, 1.165) is 11.8 Å². The van der Waals surface area contributed by atoms with Gasteiger partial charge in [-0.1, -0.05) is 47.6 Å². The molecule has 0 aliphatic heterocycles. The van der Waals surface area contributed by atoms with Crippen molar-refractivity contribution in [3.63, 3.8) is 0 Å². The maximum absolute atomic E-state index is 13.2. The normalized spacial score (nSPS) is 10.7. The average molecular weight is 453 g/mol. The highest BCUT2D eigenvalue weighted by atomic mass is 35.5. The molecule has 1 amide bonds. The molecule has 0 atom stereocenters. The van der Waals surface area contributed by atoms with E-state index < -0.39 is 0 Å². The highest BCUT2D eigenvalue weighted by molar-refractivity contribution is 7.99. The van der Waals surface area contributed by atoms with Gasteiger partial charge in [-0.3, -0.25) is 14.2 Å². The number of anilines is 1. The topological polar surface area (TPSA) is 87.8 Å². The summed E-state index contributed by atoms with van der Waals surface area (Å²) in [6.07, 6.45) is 0. The summed E-state index contributed by atoms with van der Waals surface area (Å²) in [6, 6.07) is 17.7. The van der Waals surface area contributed by atoms with E-state index in [1.54, 1.807) is 60.0 Å². The quantitative estimate of drug-likeness (QED) is 0.350. The highest BCUT2D eigenvalue weighted by Gasteiger charge is 2.17. The molecule has 30 heavy (non-hydrogen) atoms. The molecule has 4 rings (SSSR count). The Labute approximate surface area is 184 Å². The first-order valence-corrected chi connectivity index (χ1v) is 11.0. The molecule has 6 nitrogen and oxygen atoms in total. The molecule has 148 valence electrons. The van der Waals surface area contributed by atoms with Crippen molar-refractivity contribution in [1.29, 1.82) is 5.26 Å². The van der Waals surface area contributed by atoms with Gasteiger partial charge in [0.1, 0.15) is 11.1 Å². The van der Waals surface area contributed by atoms with Gasteiger partial charge in [0.15, 0.2) is 5.16 Å². The molecule has 0 radical (unpaired) electrons. The van der Waals surface area contributed by atoms with Gasteiger partial charge >= 0.3 is 0 Å². The molecule has 0 saturated heterocycles. The monoisotopic (exact) mass is 452 g/mol. The van der Waals surface area contributed by atoms with E-state index in [1.807, 2.05) is 6.07 Å². The molecule has 2 heterocycles. The summed E-state index contributed by atoms with van der Waals surface area (Å²) in [5.41, 5.74) is 1.19. The minimum Gasteiger partial charge on any atom is -0.316 e. The van der Waals surface area contributed by atoms with Crippen LogP contribution < -0.4 is 10.9 Å². The molecule has 0 fully saturated rings. The van der Waals surface area contributed by atoms with E-state index in [2.05, 4.69) is 10.3 Å². The van der Waals surface area contributed by atoms with Crippen LogP contribution in [-0.2, 0) is 4.79 Å². The number of aromatic nitrogens is 2. The van der Waals surface area contributed by atoms with E-state index >= 15 is 0 Å². The fourth-order valence-electron chi connectivity index (χ4n) is 2.84. The van der Waals surface area contributed by atoms with Crippen LogP contribution in [0.5, 0.6) is 0 Å². The summed E-state index contributed by atoms with van der Waals surface area (Å²) >= 11 is 8.74. The first-order chi connectivity index (χ1) is 14.6. The van der Waals surface area contributed by atoms with Crippen LogP contribution >= 0.6 is 34.7 Å². The third kappa shape index (κ3) is 3.96. The van der Waals surface area contributed by atoms with E-state index in [-0.39, 0.29) is 17.2 Å². The van der Waals surface area contributed by atoms with Crippen molar-refractivity contribution in [3.8, 4) is 11.8 Å². The Balaban J connectivity index is 1.70. The van der Waals surface area contributed by atoms with Gasteiger partial charge in [-0.15, -0.1) is 11.3 Å². The lowest BCUT2D eigenvalue weighted by atomic mass is 10.2. The Morgan fingerprint density at radius 1 is 1.20 bits per heavy atom. The number of hydrogen-bond acceptors (Lipinski definition) is 6. The Morgan fingerprint density at radius 2 is 1.97 bits per heavy atom. The van der Waals surface area contributed by atoms with Crippen molar-refractivity contribution >= 4 is 56.5 Å². The largest absolute Gasteiger partial charge is 0.316 e. The molecule has 0 spiro atoms. The van der Waals surface area contributed by atoms with Gasteiger partial charge in [0.25, 0.3) is 5.56 Å². The van der Waals surface area contributed by atoms with Crippen LogP contribution in [-0.4, -0.2) is 21.2 Å². The molecule has 2 aromatic carbocycles. The summed E-state index contributed by atoms with van der Waals surface area (Å²) in [6.45, 7) is 0. The molecule has 2 aromatic heterocycles. The lowest BCUT2D eigenvalue weighted by Crippen LogP contribution is -2.23. The summed E-state index contributed by atoms with van der Waals surface area (Å²) in [4.78, 5) is 30.2. The van der Waals surface area contributed by atoms with Crippen molar-refractivity contribution in [2.75, 3.05) is 11.1 Å². The van der Waals surface area contributed by atoms with Crippen LogP contribution in [0.25, 0.3) is 16.6 Å². The van der Waals surface area contributed by atoms with Crippen LogP contribution in [0.1, 0.15) is 5.56 Å². The van der Waals surface area contributed by atoms with Gasteiger partial charge in [0, 0.05) is 0 Å². The van der Waals surface area contributed by atoms with E-state index in [4.69, 9.17) is 16.9 Å². The zero-order valence-corrected chi connectivity index (χ0v) is 17.7. The van der Waals surface area contributed by atoms with E-state index in [0.29, 0.717) is 37.3 Å². The summed E-state index contributed by atoms with van der Waals surface area (Å²) < 4.78 is 1.43. The van der Waals surface area contributed by atoms with Crippen molar-refractivity contribution in [3.05, 3.63) is 80.9 Å². The number of fused-ring (bicyclic) bond motifs is 1. The van der Waals surface area contributed by atoms with Crippen LogP contribution in [0.2, 0.25) is 5.02 Å². The number of thioether (sulfide) groups is 1. The number of para-hydroxylation sites is 2. The average Bonchev–Trinajstić information content (AvgIpc) is 3.20. The molecule has 0 bridgehead atoms. The van der Waals surface area contributed by atoms with E-state index in [9.17, 15) is 9.59 Å². The maximum Gasteiger partial charge on any atom is 0.266 e. The van der Waals surface area contributed by atoms with Crippen molar-refractivity contribution < 1.29 is 4.79 Å². The molecule has 0 saturated carbocycles. The van der Waals surface area contributed by atoms with Crippen molar-refractivity contribution in [1.82, 2.24) is 9.55 Å². The number of thiophene rings is 1.